The van der Waals surface area contributed by atoms with E-state index in [2.05, 4.69) is 20.1 Å². The number of rotatable bonds is 6. The number of aryl methyl sites for hydroxylation is 2. The van der Waals surface area contributed by atoms with Crippen LogP contribution in [0.2, 0.25) is 0 Å². The van der Waals surface area contributed by atoms with E-state index in [0.717, 1.165) is 17.7 Å². The minimum absolute atomic E-state index is 0.0655. The second-order valence-corrected chi connectivity index (χ2v) is 4.77. The molecule has 0 unspecified atom stereocenters. The third kappa shape index (κ3) is 4.64. The average Bonchev–Trinajstić information content (AvgIpc) is 2.83. The van der Waals surface area contributed by atoms with E-state index in [1.165, 1.54) is 12.3 Å². The first kappa shape index (κ1) is 16.1. The molecule has 0 atom stereocenters. The predicted molar refractivity (Wildman–Crippen MR) is 75.7 cm³/mol. The molecule has 2 aromatic rings. The number of hydrogen-bond acceptors (Lipinski definition) is 4. The van der Waals surface area contributed by atoms with Crippen LogP contribution < -0.4 is 10.1 Å². The first-order chi connectivity index (χ1) is 10.4. The van der Waals surface area contributed by atoms with E-state index in [1.54, 1.807) is 10.7 Å². The highest BCUT2D eigenvalue weighted by Gasteiger charge is 2.28. The van der Waals surface area contributed by atoms with Gasteiger partial charge in [0.2, 0.25) is 5.88 Å². The molecule has 0 spiro atoms. The Balaban J connectivity index is 1.98. The van der Waals surface area contributed by atoms with Crippen LogP contribution in [-0.4, -0.2) is 27.5 Å². The standard InChI is InChI=1S/C14H17F3N4O/c1-3-12-10(8-21(2)20-12)7-19-11-4-5-18-13(6-11)22-9-14(15,16)17/h4-6,8H,3,7,9H2,1-2H3,(H,18,19). The van der Waals surface area contributed by atoms with Crippen molar-refractivity contribution in [2.45, 2.75) is 26.1 Å². The third-order valence-electron chi connectivity index (χ3n) is 2.93. The van der Waals surface area contributed by atoms with Gasteiger partial charge in [-0.3, -0.25) is 4.68 Å². The summed E-state index contributed by atoms with van der Waals surface area (Å²) >= 11 is 0. The summed E-state index contributed by atoms with van der Waals surface area (Å²) in [6.07, 6.45) is -0.253. The van der Waals surface area contributed by atoms with Crippen molar-refractivity contribution < 1.29 is 17.9 Å². The molecule has 2 rings (SSSR count). The van der Waals surface area contributed by atoms with Crippen molar-refractivity contribution in [3.8, 4) is 5.88 Å². The molecule has 1 N–H and O–H groups in total. The van der Waals surface area contributed by atoms with E-state index in [9.17, 15) is 13.2 Å². The Bertz CT molecular complexity index is 625. The maximum absolute atomic E-state index is 12.1. The summed E-state index contributed by atoms with van der Waals surface area (Å²) in [6.45, 7) is 1.19. The number of pyridine rings is 1. The highest BCUT2D eigenvalue weighted by atomic mass is 19.4. The van der Waals surface area contributed by atoms with Crippen LogP contribution >= 0.6 is 0 Å². The van der Waals surface area contributed by atoms with Gasteiger partial charge in [-0.1, -0.05) is 6.92 Å². The molecule has 0 bridgehead atoms. The maximum atomic E-state index is 12.1. The SMILES string of the molecule is CCc1nn(C)cc1CNc1ccnc(OCC(F)(F)F)c1. The number of hydrogen-bond donors (Lipinski definition) is 1. The van der Waals surface area contributed by atoms with Gasteiger partial charge in [-0.15, -0.1) is 0 Å². The Kier molecular flexibility index (Phi) is 4.89. The molecule has 2 aromatic heterocycles. The smallest absolute Gasteiger partial charge is 0.422 e. The van der Waals surface area contributed by atoms with Crippen LogP contribution in [0.15, 0.2) is 24.5 Å². The predicted octanol–water partition coefficient (Wildman–Crippen LogP) is 2.93. The maximum Gasteiger partial charge on any atom is 0.422 e. The lowest BCUT2D eigenvalue weighted by Crippen LogP contribution is -2.19. The first-order valence-electron chi connectivity index (χ1n) is 6.78. The van der Waals surface area contributed by atoms with Crippen molar-refractivity contribution in [2.24, 2.45) is 7.05 Å². The normalized spacial score (nSPS) is 11.5. The van der Waals surface area contributed by atoms with Crippen molar-refractivity contribution in [3.05, 3.63) is 35.8 Å². The summed E-state index contributed by atoms with van der Waals surface area (Å²) in [7, 11) is 1.85. The number of nitrogens with zero attached hydrogens (tertiary/aromatic N) is 3. The minimum Gasteiger partial charge on any atom is -0.468 e. The molecule has 0 aliphatic heterocycles. The fraction of sp³-hybridized carbons (Fsp3) is 0.429. The van der Waals surface area contributed by atoms with Gasteiger partial charge >= 0.3 is 6.18 Å². The molecular weight excluding hydrogens is 297 g/mol. The summed E-state index contributed by atoms with van der Waals surface area (Å²) in [5, 5.41) is 7.46. The molecule has 22 heavy (non-hydrogen) atoms. The lowest BCUT2D eigenvalue weighted by molar-refractivity contribution is -0.154. The quantitative estimate of drug-likeness (QED) is 0.891. The van der Waals surface area contributed by atoms with Gasteiger partial charge < -0.3 is 10.1 Å². The van der Waals surface area contributed by atoms with Crippen LogP contribution in [-0.2, 0) is 20.0 Å². The molecule has 120 valence electrons. The van der Waals surface area contributed by atoms with Gasteiger partial charge in [-0.25, -0.2) is 4.98 Å². The average molecular weight is 314 g/mol. The molecule has 0 saturated heterocycles. The van der Waals surface area contributed by atoms with Crippen molar-refractivity contribution in [1.82, 2.24) is 14.8 Å². The molecule has 0 aromatic carbocycles. The molecule has 0 aliphatic carbocycles. The number of nitrogens with one attached hydrogen (secondary N) is 1. The monoisotopic (exact) mass is 314 g/mol. The second kappa shape index (κ2) is 6.67. The van der Waals surface area contributed by atoms with E-state index in [4.69, 9.17) is 0 Å². The third-order valence-corrected chi connectivity index (χ3v) is 2.93. The second-order valence-electron chi connectivity index (χ2n) is 4.77. The molecule has 0 aliphatic rings. The minimum atomic E-state index is -4.38. The Labute approximate surface area is 126 Å². The van der Waals surface area contributed by atoms with Crippen LogP contribution in [0, 0.1) is 0 Å². The largest absolute Gasteiger partial charge is 0.468 e. The fourth-order valence-electron chi connectivity index (χ4n) is 1.98. The highest BCUT2D eigenvalue weighted by molar-refractivity contribution is 5.45. The zero-order valence-electron chi connectivity index (χ0n) is 12.3. The summed E-state index contributed by atoms with van der Waals surface area (Å²) in [4.78, 5) is 3.76. The van der Waals surface area contributed by atoms with Crippen LogP contribution in [0.1, 0.15) is 18.2 Å². The van der Waals surface area contributed by atoms with Crippen LogP contribution in [0.5, 0.6) is 5.88 Å². The highest BCUT2D eigenvalue weighted by Crippen LogP contribution is 2.20. The van der Waals surface area contributed by atoms with Gasteiger partial charge in [0.05, 0.1) is 5.69 Å². The first-order valence-corrected chi connectivity index (χ1v) is 6.78. The van der Waals surface area contributed by atoms with Gasteiger partial charge in [0.25, 0.3) is 0 Å². The van der Waals surface area contributed by atoms with Gasteiger partial charge in [0, 0.05) is 43.3 Å². The summed E-state index contributed by atoms with van der Waals surface area (Å²) < 4.78 is 42.7. The van der Waals surface area contributed by atoms with Gasteiger partial charge in [0.1, 0.15) is 0 Å². The van der Waals surface area contributed by atoms with Crippen molar-refractivity contribution >= 4 is 5.69 Å². The number of alkyl halides is 3. The van der Waals surface area contributed by atoms with Crippen molar-refractivity contribution in [1.29, 1.82) is 0 Å². The van der Waals surface area contributed by atoms with Gasteiger partial charge in [0.15, 0.2) is 6.61 Å². The Hall–Kier alpha value is -2.25. The van der Waals surface area contributed by atoms with E-state index < -0.39 is 12.8 Å². The fourth-order valence-corrected chi connectivity index (χ4v) is 1.98. The van der Waals surface area contributed by atoms with E-state index in [-0.39, 0.29) is 5.88 Å². The van der Waals surface area contributed by atoms with Gasteiger partial charge in [-0.05, 0) is 12.5 Å². The van der Waals surface area contributed by atoms with Gasteiger partial charge in [-0.2, -0.15) is 18.3 Å². The van der Waals surface area contributed by atoms with Crippen molar-refractivity contribution in [3.63, 3.8) is 0 Å². The van der Waals surface area contributed by atoms with Crippen molar-refractivity contribution in [2.75, 3.05) is 11.9 Å². The van der Waals surface area contributed by atoms with Crippen LogP contribution in [0.25, 0.3) is 0 Å². The van der Waals surface area contributed by atoms with E-state index in [1.807, 2.05) is 20.2 Å². The number of ether oxygens (including phenoxy) is 1. The molecule has 5 nitrogen and oxygen atoms in total. The molecule has 0 amide bonds. The summed E-state index contributed by atoms with van der Waals surface area (Å²) in [6, 6.07) is 3.11. The molecule has 0 fully saturated rings. The van der Waals surface area contributed by atoms with Crippen LogP contribution in [0.4, 0.5) is 18.9 Å². The summed E-state index contributed by atoms with van der Waals surface area (Å²) in [5.74, 6) is -0.0655. The zero-order valence-corrected chi connectivity index (χ0v) is 12.3. The Morgan fingerprint density at radius 3 is 2.82 bits per heavy atom. The lowest BCUT2D eigenvalue weighted by Gasteiger charge is -2.10. The number of halogens is 3. The zero-order chi connectivity index (χ0) is 16.2. The van der Waals surface area contributed by atoms with E-state index in [0.29, 0.717) is 12.2 Å². The molecule has 8 heteroatoms. The topological polar surface area (TPSA) is 52.0 Å². The molecular formula is C14H17F3N4O. The molecule has 2 heterocycles. The van der Waals surface area contributed by atoms with E-state index >= 15 is 0 Å². The molecule has 0 radical (unpaired) electrons. The van der Waals surface area contributed by atoms with Crippen LogP contribution in [0.3, 0.4) is 0 Å². The lowest BCUT2D eigenvalue weighted by atomic mass is 10.2. The molecule has 0 saturated carbocycles. The summed E-state index contributed by atoms with van der Waals surface area (Å²) in [5.41, 5.74) is 2.66. The number of anilines is 1. The Morgan fingerprint density at radius 2 is 2.14 bits per heavy atom. The number of aromatic nitrogens is 3. The Morgan fingerprint density at radius 1 is 1.36 bits per heavy atom.